The number of carbonyl (C=O) groups excluding carboxylic acids is 1. The third kappa shape index (κ3) is 3.43. The molecule has 0 fully saturated rings. The van der Waals surface area contributed by atoms with Crippen LogP contribution in [0.1, 0.15) is 20.8 Å². The van der Waals surface area contributed by atoms with Gasteiger partial charge in [0.25, 0.3) is 0 Å². The Kier molecular flexibility index (Phi) is 5.03. The second-order valence-corrected chi connectivity index (χ2v) is 7.76. The predicted molar refractivity (Wildman–Crippen MR) is 122 cm³/mol. The summed E-state index contributed by atoms with van der Waals surface area (Å²) in [6, 6.07) is 15.4. The molecule has 1 aromatic heterocycles. The number of fused-ring (bicyclic) bond motifs is 1. The Bertz CT molecular complexity index is 1100. The monoisotopic (exact) mass is 402 g/mol. The number of anilines is 5. The molecule has 7 heteroatoms. The summed E-state index contributed by atoms with van der Waals surface area (Å²) < 4.78 is 0. The summed E-state index contributed by atoms with van der Waals surface area (Å²) in [5, 5.41) is 3.29. The van der Waals surface area contributed by atoms with E-state index in [1.165, 1.54) is 0 Å². The Hall–Kier alpha value is -3.61. The van der Waals surface area contributed by atoms with Gasteiger partial charge in [-0.05, 0) is 51.1 Å². The van der Waals surface area contributed by atoms with Gasteiger partial charge >= 0.3 is 0 Å². The minimum Gasteiger partial charge on any atom is -0.398 e. The van der Waals surface area contributed by atoms with Gasteiger partial charge in [-0.25, -0.2) is 9.97 Å². The van der Waals surface area contributed by atoms with E-state index in [1.807, 2.05) is 62.5 Å². The molecule has 1 amide bonds. The highest BCUT2D eigenvalue weighted by Crippen LogP contribution is 2.39. The van der Waals surface area contributed by atoms with E-state index in [0.717, 1.165) is 28.3 Å². The first kappa shape index (κ1) is 19.7. The fourth-order valence-corrected chi connectivity index (χ4v) is 3.97. The van der Waals surface area contributed by atoms with Crippen molar-refractivity contribution >= 4 is 34.6 Å². The van der Waals surface area contributed by atoms with Gasteiger partial charge < -0.3 is 20.9 Å². The Balaban J connectivity index is 1.68. The molecule has 7 nitrogen and oxygen atoms in total. The third-order valence-electron chi connectivity index (χ3n) is 5.42. The zero-order valence-corrected chi connectivity index (χ0v) is 17.6. The molecule has 1 atom stereocenters. The van der Waals surface area contributed by atoms with E-state index in [1.54, 1.807) is 11.1 Å². The molecule has 154 valence electrons. The molecule has 3 N–H and O–H groups in total. The number of hydrogen-bond acceptors (Lipinski definition) is 6. The number of hydrogen-bond donors (Lipinski definition) is 2. The van der Waals surface area contributed by atoms with Crippen LogP contribution >= 0.6 is 0 Å². The lowest BCUT2D eigenvalue weighted by molar-refractivity contribution is -0.119. The summed E-state index contributed by atoms with van der Waals surface area (Å²) in [6.45, 7) is 6.13. The topological polar surface area (TPSA) is 87.4 Å². The van der Waals surface area contributed by atoms with E-state index < -0.39 is 0 Å². The number of amides is 1. The van der Waals surface area contributed by atoms with E-state index in [9.17, 15) is 4.79 Å². The van der Waals surface area contributed by atoms with Gasteiger partial charge in [0.2, 0.25) is 11.9 Å². The fourth-order valence-electron chi connectivity index (χ4n) is 3.97. The summed E-state index contributed by atoms with van der Waals surface area (Å²) in [5.41, 5.74) is 11.1. The van der Waals surface area contributed by atoms with Gasteiger partial charge in [0, 0.05) is 36.2 Å². The second-order valence-electron chi connectivity index (χ2n) is 7.76. The van der Waals surface area contributed by atoms with E-state index in [4.69, 9.17) is 5.73 Å². The maximum Gasteiger partial charge on any atom is 0.249 e. The van der Waals surface area contributed by atoms with Crippen LogP contribution in [0.25, 0.3) is 11.3 Å². The molecule has 3 aromatic rings. The number of nitrogens with zero attached hydrogens (tertiary/aromatic N) is 4. The van der Waals surface area contributed by atoms with E-state index in [-0.39, 0.29) is 18.0 Å². The van der Waals surface area contributed by atoms with Crippen LogP contribution in [-0.4, -0.2) is 35.0 Å². The van der Waals surface area contributed by atoms with Gasteiger partial charge in [-0.1, -0.05) is 18.2 Å². The number of nitrogens with one attached hydrogen (secondary N) is 1. The Morgan fingerprint density at radius 3 is 2.60 bits per heavy atom. The first-order valence-corrected chi connectivity index (χ1v) is 10.0. The molecule has 0 saturated carbocycles. The lowest BCUT2D eigenvalue weighted by Gasteiger charge is -2.42. The number of aromatic nitrogens is 2. The molecule has 4 rings (SSSR count). The molecule has 0 spiro atoms. The van der Waals surface area contributed by atoms with Crippen LogP contribution in [0.4, 0.5) is 28.7 Å². The number of para-hydroxylation sites is 1. The van der Waals surface area contributed by atoms with Crippen molar-refractivity contribution in [2.24, 2.45) is 0 Å². The predicted octanol–water partition coefficient (Wildman–Crippen LogP) is 4.05. The van der Waals surface area contributed by atoms with Crippen molar-refractivity contribution in [2.45, 2.75) is 32.9 Å². The van der Waals surface area contributed by atoms with Crippen molar-refractivity contribution in [3.05, 3.63) is 54.7 Å². The molecule has 0 saturated heterocycles. The van der Waals surface area contributed by atoms with Crippen LogP contribution in [0.15, 0.2) is 54.7 Å². The smallest absolute Gasteiger partial charge is 0.249 e. The van der Waals surface area contributed by atoms with Crippen LogP contribution < -0.4 is 20.9 Å². The number of benzene rings is 2. The molecule has 1 unspecified atom stereocenters. The van der Waals surface area contributed by atoms with Crippen LogP contribution in [-0.2, 0) is 4.79 Å². The average Bonchev–Trinajstić information content (AvgIpc) is 2.72. The molecular weight excluding hydrogens is 376 g/mol. The summed E-state index contributed by atoms with van der Waals surface area (Å²) in [4.78, 5) is 25.5. The van der Waals surface area contributed by atoms with Crippen molar-refractivity contribution < 1.29 is 4.79 Å². The molecule has 2 aromatic carbocycles. The highest BCUT2D eigenvalue weighted by atomic mass is 16.2. The highest BCUT2D eigenvalue weighted by Gasteiger charge is 2.34. The van der Waals surface area contributed by atoms with Gasteiger partial charge in [-0.2, -0.15) is 0 Å². The maximum absolute atomic E-state index is 12.6. The van der Waals surface area contributed by atoms with E-state index in [2.05, 4.69) is 34.0 Å². The van der Waals surface area contributed by atoms with Crippen LogP contribution in [0.5, 0.6) is 0 Å². The number of carbonyl (C=O) groups is 1. The molecule has 0 aliphatic carbocycles. The molecule has 0 radical (unpaired) electrons. The standard InChI is InChI=1S/C23H26N6O/c1-14(2)29-15(3)22(30)28(4)20-10-9-16(13-21(20)29)26-23-25-12-11-19(27-23)17-7-5-6-8-18(17)24/h5-15H,24H2,1-4H3,(H,25,26,27). The lowest BCUT2D eigenvalue weighted by Crippen LogP contribution is -2.53. The minimum atomic E-state index is -0.224. The third-order valence-corrected chi connectivity index (χ3v) is 5.42. The Labute approximate surface area is 176 Å². The molecule has 1 aliphatic rings. The van der Waals surface area contributed by atoms with Gasteiger partial charge in [0.05, 0.1) is 17.1 Å². The van der Waals surface area contributed by atoms with Crippen molar-refractivity contribution in [2.75, 3.05) is 27.9 Å². The molecule has 30 heavy (non-hydrogen) atoms. The first-order chi connectivity index (χ1) is 14.4. The highest BCUT2D eigenvalue weighted by molar-refractivity contribution is 6.05. The number of likely N-dealkylation sites (N-methyl/N-ethyl adjacent to an activating group) is 1. The summed E-state index contributed by atoms with van der Waals surface area (Å²) >= 11 is 0. The maximum atomic E-state index is 12.6. The van der Waals surface area contributed by atoms with Gasteiger partial charge in [0.1, 0.15) is 6.04 Å². The van der Waals surface area contributed by atoms with Gasteiger partial charge in [0.15, 0.2) is 0 Å². The summed E-state index contributed by atoms with van der Waals surface area (Å²) in [7, 11) is 1.82. The molecule has 2 heterocycles. The van der Waals surface area contributed by atoms with Crippen molar-refractivity contribution in [1.82, 2.24) is 9.97 Å². The van der Waals surface area contributed by atoms with Crippen molar-refractivity contribution in [1.29, 1.82) is 0 Å². The normalized spacial score (nSPS) is 16.0. The largest absolute Gasteiger partial charge is 0.398 e. The van der Waals surface area contributed by atoms with Crippen molar-refractivity contribution in [3.8, 4) is 11.3 Å². The SMILES string of the molecule is CC(C)N1c2cc(Nc3nccc(-c4ccccc4N)n3)ccc2N(C)C(=O)C1C. The quantitative estimate of drug-likeness (QED) is 0.640. The molecular formula is C23H26N6O. The molecule has 1 aliphatic heterocycles. The second kappa shape index (κ2) is 7.67. The van der Waals surface area contributed by atoms with Crippen LogP contribution in [0.2, 0.25) is 0 Å². The number of nitrogen functional groups attached to an aromatic ring is 1. The molecule has 0 bridgehead atoms. The lowest BCUT2D eigenvalue weighted by atomic mass is 10.0. The first-order valence-electron chi connectivity index (χ1n) is 10.0. The Morgan fingerprint density at radius 1 is 1.10 bits per heavy atom. The van der Waals surface area contributed by atoms with E-state index in [0.29, 0.717) is 11.6 Å². The van der Waals surface area contributed by atoms with Crippen LogP contribution in [0.3, 0.4) is 0 Å². The number of nitrogens with two attached hydrogens (primary N) is 1. The Morgan fingerprint density at radius 2 is 1.87 bits per heavy atom. The zero-order chi connectivity index (χ0) is 21.4. The zero-order valence-electron chi connectivity index (χ0n) is 17.6. The number of rotatable bonds is 4. The minimum absolute atomic E-state index is 0.0911. The van der Waals surface area contributed by atoms with Gasteiger partial charge in [-0.3, -0.25) is 4.79 Å². The summed E-state index contributed by atoms with van der Waals surface area (Å²) in [6.07, 6.45) is 1.71. The van der Waals surface area contributed by atoms with Crippen molar-refractivity contribution in [3.63, 3.8) is 0 Å². The fraction of sp³-hybridized carbons (Fsp3) is 0.261. The summed E-state index contributed by atoms with van der Waals surface area (Å²) in [5.74, 6) is 0.577. The van der Waals surface area contributed by atoms with Gasteiger partial charge in [-0.15, -0.1) is 0 Å². The van der Waals surface area contributed by atoms with Crippen LogP contribution in [0, 0.1) is 0 Å². The average molecular weight is 403 g/mol. The van der Waals surface area contributed by atoms with E-state index >= 15 is 0 Å².